The number of carboxylic acid groups (broad SMARTS) is 1. The van der Waals surface area contributed by atoms with Crippen molar-refractivity contribution >= 4 is 16.7 Å². The highest BCUT2D eigenvalue weighted by molar-refractivity contribution is 5.84. The molecule has 180 valence electrons. The minimum Gasteiger partial charge on any atom is -0.490 e. The maximum absolute atomic E-state index is 11.2. The molecule has 1 saturated heterocycles. The SMILES string of the molecule is CC(C)COCC1CCC(Oc2ccc3cc(CN4CCC(C(=O)O)CC4)ccc3c2)CC1. The van der Waals surface area contributed by atoms with Crippen LogP contribution in [0.5, 0.6) is 5.75 Å². The molecule has 0 spiro atoms. The van der Waals surface area contributed by atoms with Crippen LogP contribution in [0.25, 0.3) is 10.8 Å². The van der Waals surface area contributed by atoms with E-state index in [0.717, 1.165) is 64.3 Å². The molecule has 0 aromatic heterocycles. The van der Waals surface area contributed by atoms with Gasteiger partial charge in [0, 0.05) is 19.8 Å². The van der Waals surface area contributed by atoms with Crippen LogP contribution in [0.2, 0.25) is 0 Å². The maximum atomic E-state index is 11.2. The second-order valence-corrected chi connectivity index (χ2v) is 10.4. The number of fused-ring (bicyclic) bond motifs is 1. The van der Waals surface area contributed by atoms with Crippen molar-refractivity contribution < 1.29 is 19.4 Å². The van der Waals surface area contributed by atoms with Gasteiger partial charge in [0.15, 0.2) is 0 Å². The molecular formula is C28H39NO4. The molecular weight excluding hydrogens is 414 g/mol. The van der Waals surface area contributed by atoms with Gasteiger partial charge in [-0.1, -0.05) is 32.0 Å². The van der Waals surface area contributed by atoms with Crippen molar-refractivity contribution in [2.75, 3.05) is 26.3 Å². The lowest BCUT2D eigenvalue weighted by atomic mass is 9.88. The van der Waals surface area contributed by atoms with Gasteiger partial charge < -0.3 is 14.6 Å². The van der Waals surface area contributed by atoms with Crippen LogP contribution in [0.4, 0.5) is 0 Å². The molecule has 0 radical (unpaired) electrons. The fourth-order valence-electron chi connectivity index (χ4n) is 5.12. The zero-order valence-corrected chi connectivity index (χ0v) is 20.2. The number of carboxylic acids is 1. The molecule has 1 aliphatic carbocycles. The molecule has 0 amide bonds. The third-order valence-electron chi connectivity index (χ3n) is 7.12. The number of benzene rings is 2. The zero-order valence-electron chi connectivity index (χ0n) is 20.2. The van der Waals surface area contributed by atoms with Crippen LogP contribution in [0.1, 0.15) is 57.9 Å². The monoisotopic (exact) mass is 453 g/mol. The fourth-order valence-corrected chi connectivity index (χ4v) is 5.12. The summed E-state index contributed by atoms with van der Waals surface area (Å²) in [7, 11) is 0. The summed E-state index contributed by atoms with van der Waals surface area (Å²) in [5.41, 5.74) is 1.28. The molecule has 0 bridgehead atoms. The van der Waals surface area contributed by atoms with Crippen LogP contribution >= 0.6 is 0 Å². The summed E-state index contributed by atoms with van der Waals surface area (Å²) in [5, 5.41) is 11.6. The maximum Gasteiger partial charge on any atom is 0.306 e. The molecule has 5 heteroatoms. The van der Waals surface area contributed by atoms with Gasteiger partial charge in [-0.25, -0.2) is 0 Å². The summed E-state index contributed by atoms with van der Waals surface area (Å²) in [6, 6.07) is 13.1. The summed E-state index contributed by atoms with van der Waals surface area (Å²) in [6.45, 7) is 8.73. The number of ether oxygens (including phenoxy) is 2. The number of carbonyl (C=O) groups is 1. The lowest BCUT2D eigenvalue weighted by molar-refractivity contribution is -0.143. The van der Waals surface area contributed by atoms with Crippen LogP contribution < -0.4 is 4.74 Å². The Morgan fingerprint density at radius 3 is 2.39 bits per heavy atom. The molecule has 1 N–H and O–H groups in total. The smallest absolute Gasteiger partial charge is 0.306 e. The van der Waals surface area contributed by atoms with Gasteiger partial charge in [-0.3, -0.25) is 9.69 Å². The molecule has 4 rings (SSSR count). The number of aliphatic carboxylic acids is 1. The Morgan fingerprint density at radius 2 is 1.70 bits per heavy atom. The van der Waals surface area contributed by atoms with E-state index in [1.807, 2.05) is 0 Å². The largest absolute Gasteiger partial charge is 0.490 e. The molecule has 5 nitrogen and oxygen atoms in total. The number of piperidine rings is 1. The predicted molar refractivity (Wildman–Crippen MR) is 132 cm³/mol. The van der Waals surface area contributed by atoms with E-state index in [4.69, 9.17) is 9.47 Å². The second-order valence-electron chi connectivity index (χ2n) is 10.4. The lowest BCUT2D eigenvalue weighted by Gasteiger charge is -2.30. The van der Waals surface area contributed by atoms with Crippen molar-refractivity contribution in [2.45, 2.75) is 65.0 Å². The molecule has 2 fully saturated rings. The first-order valence-electron chi connectivity index (χ1n) is 12.7. The Kier molecular flexibility index (Phi) is 8.26. The van der Waals surface area contributed by atoms with Crippen molar-refractivity contribution in [3.63, 3.8) is 0 Å². The van der Waals surface area contributed by atoms with Gasteiger partial charge in [-0.05, 0) is 98.0 Å². The van der Waals surface area contributed by atoms with Gasteiger partial charge in [-0.15, -0.1) is 0 Å². The highest BCUT2D eigenvalue weighted by atomic mass is 16.5. The quantitative estimate of drug-likeness (QED) is 0.524. The molecule has 2 aliphatic rings. The van der Waals surface area contributed by atoms with Crippen molar-refractivity contribution in [1.29, 1.82) is 0 Å². The molecule has 1 heterocycles. The average Bonchev–Trinajstić information content (AvgIpc) is 2.80. The van der Waals surface area contributed by atoms with Crippen LogP contribution in [-0.4, -0.2) is 48.4 Å². The van der Waals surface area contributed by atoms with Gasteiger partial charge >= 0.3 is 5.97 Å². The van der Waals surface area contributed by atoms with Gasteiger partial charge in [0.25, 0.3) is 0 Å². The average molecular weight is 454 g/mol. The highest BCUT2D eigenvalue weighted by Crippen LogP contribution is 2.30. The Bertz CT molecular complexity index is 911. The van der Waals surface area contributed by atoms with Crippen molar-refractivity contribution in [1.82, 2.24) is 4.90 Å². The molecule has 0 atom stereocenters. The van der Waals surface area contributed by atoms with Crippen molar-refractivity contribution in [2.24, 2.45) is 17.8 Å². The minimum absolute atomic E-state index is 0.176. The summed E-state index contributed by atoms with van der Waals surface area (Å²) in [4.78, 5) is 13.5. The Morgan fingerprint density at radius 1 is 1.00 bits per heavy atom. The highest BCUT2D eigenvalue weighted by Gasteiger charge is 2.25. The van der Waals surface area contributed by atoms with E-state index in [1.165, 1.54) is 29.2 Å². The third kappa shape index (κ3) is 6.94. The first-order valence-corrected chi connectivity index (χ1v) is 12.7. The normalized spacial score (nSPS) is 22.6. The molecule has 33 heavy (non-hydrogen) atoms. The standard InChI is InChI=1S/C28H39NO4/c1-20(2)18-32-19-21-4-8-26(9-5-21)33-27-10-7-24-15-22(3-6-25(24)16-27)17-29-13-11-23(12-14-29)28(30)31/h3,6-7,10,15-16,20-21,23,26H,4-5,8-9,11-14,17-19H2,1-2H3,(H,30,31). The Hall–Kier alpha value is -2.11. The number of rotatable bonds is 9. The summed E-state index contributed by atoms with van der Waals surface area (Å²) >= 11 is 0. The first-order chi connectivity index (χ1) is 16.0. The van der Waals surface area contributed by atoms with E-state index in [2.05, 4.69) is 55.1 Å². The third-order valence-corrected chi connectivity index (χ3v) is 7.12. The summed E-state index contributed by atoms with van der Waals surface area (Å²) < 4.78 is 12.2. The first kappa shape index (κ1) is 24.0. The van der Waals surface area contributed by atoms with E-state index in [9.17, 15) is 9.90 Å². The predicted octanol–water partition coefficient (Wildman–Crippen LogP) is 5.75. The summed E-state index contributed by atoms with van der Waals surface area (Å²) in [6.07, 6.45) is 6.37. The summed E-state index contributed by atoms with van der Waals surface area (Å²) in [5.74, 6) is 1.41. The van der Waals surface area contributed by atoms with Crippen LogP contribution in [-0.2, 0) is 16.1 Å². The fraction of sp³-hybridized carbons (Fsp3) is 0.607. The van der Waals surface area contributed by atoms with Gasteiger partial charge in [0.2, 0.25) is 0 Å². The molecule has 2 aromatic rings. The van der Waals surface area contributed by atoms with E-state index in [0.29, 0.717) is 17.9 Å². The zero-order chi connectivity index (χ0) is 23.2. The van der Waals surface area contributed by atoms with E-state index >= 15 is 0 Å². The van der Waals surface area contributed by atoms with E-state index in [1.54, 1.807) is 0 Å². The van der Waals surface area contributed by atoms with E-state index < -0.39 is 5.97 Å². The number of nitrogens with zero attached hydrogens (tertiary/aromatic N) is 1. The molecule has 1 aliphatic heterocycles. The number of likely N-dealkylation sites (tertiary alicyclic amines) is 1. The van der Waals surface area contributed by atoms with Crippen LogP contribution in [0.15, 0.2) is 36.4 Å². The van der Waals surface area contributed by atoms with Crippen molar-refractivity contribution in [3.8, 4) is 5.75 Å². The molecule has 0 unspecified atom stereocenters. The topological polar surface area (TPSA) is 59.0 Å². The van der Waals surface area contributed by atoms with Gasteiger partial charge in [0.1, 0.15) is 5.75 Å². The molecule has 2 aromatic carbocycles. The lowest BCUT2D eigenvalue weighted by Crippen LogP contribution is -2.35. The molecule has 1 saturated carbocycles. The Labute approximate surface area is 198 Å². The minimum atomic E-state index is -0.651. The van der Waals surface area contributed by atoms with Gasteiger partial charge in [-0.2, -0.15) is 0 Å². The Balaban J connectivity index is 1.26. The second kappa shape index (κ2) is 11.3. The number of hydrogen-bond donors (Lipinski definition) is 1. The van der Waals surface area contributed by atoms with Gasteiger partial charge in [0.05, 0.1) is 12.0 Å². The van der Waals surface area contributed by atoms with Crippen LogP contribution in [0.3, 0.4) is 0 Å². The van der Waals surface area contributed by atoms with Crippen LogP contribution in [0, 0.1) is 17.8 Å². The number of hydrogen-bond acceptors (Lipinski definition) is 4. The van der Waals surface area contributed by atoms with Crippen molar-refractivity contribution in [3.05, 3.63) is 42.0 Å². The van der Waals surface area contributed by atoms with E-state index in [-0.39, 0.29) is 5.92 Å².